The second kappa shape index (κ2) is 26.0. The number of para-hydroxylation sites is 8. The molecule has 0 spiro atoms. The van der Waals surface area contributed by atoms with Crippen LogP contribution >= 0.6 is 0 Å². The molecular weight excluding hydrogens is 1400 g/mol. The van der Waals surface area contributed by atoms with Gasteiger partial charge in [-0.15, -0.1) is 0 Å². The van der Waals surface area contributed by atoms with Gasteiger partial charge in [0.05, 0.1) is 44.1 Å². The third kappa shape index (κ3) is 10.5. The van der Waals surface area contributed by atoms with Crippen molar-refractivity contribution in [1.29, 1.82) is 0 Å². The summed E-state index contributed by atoms with van der Waals surface area (Å²) in [5, 5.41) is 13.4. The second-order valence-corrected chi connectivity index (χ2v) is 28.9. The van der Waals surface area contributed by atoms with Crippen LogP contribution in [0.5, 0.6) is 0 Å². The molecule has 8 heterocycles. The van der Waals surface area contributed by atoms with Crippen LogP contribution in [0.4, 0.5) is 0 Å². The maximum Gasteiger partial charge on any atom is 0.238 e. The van der Waals surface area contributed by atoms with Crippen LogP contribution in [-0.4, -0.2) is 48.2 Å². The molecule has 0 fully saturated rings. The first kappa shape index (κ1) is 64.3. The van der Waals surface area contributed by atoms with Crippen LogP contribution < -0.4 is 0 Å². The Hall–Kier alpha value is -15.7. The molecule has 114 heavy (non-hydrogen) atoms. The summed E-state index contributed by atoms with van der Waals surface area (Å²) in [6.07, 6.45) is 0. The van der Waals surface area contributed by atoms with Crippen LogP contribution in [0.3, 0.4) is 0 Å². The molecule has 12 nitrogen and oxygen atoms in total. The molecule has 0 N–H and O–H groups in total. The molecule has 24 aromatic rings. The molecule has 0 amide bonds. The number of hydrogen-bond acceptors (Lipinski definition) is 8. The van der Waals surface area contributed by atoms with Gasteiger partial charge in [0, 0.05) is 98.3 Å². The molecular formula is C102H62N10O2. The molecule has 0 aliphatic rings. The largest absolute Gasteiger partial charge is 0.456 e. The maximum atomic E-state index is 6.21. The first-order valence-electron chi connectivity index (χ1n) is 38.2. The molecule has 0 saturated carbocycles. The molecule has 24 rings (SSSR count). The highest BCUT2D eigenvalue weighted by molar-refractivity contribution is 6.15. The SMILES string of the molecule is c1ccc(-c2ccc3c(c2)c2ccccc2n3-c2nc(-c3ccc4oc5ccccc5c4c3)nc(-c3ccc4c(c3)c3ccccc3n4-c3ccccc3)n2)cc1.c1ccc(-c2ccc3c(c2)c2ccccc2n3-c2nc(-c3ccc4oc5ccccc5c4c3)nc(-c3ccc4c5ccccc5n(-c5ccccc5)c4c3)n2)cc1. The highest BCUT2D eigenvalue weighted by Gasteiger charge is 2.25. The lowest BCUT2D eigenvalue weighted by Crippen LogP contribution is -2.06. The van der Waals surface area contributed by atoms with Gasteiger partial charge in [-0.25, -0.2) is 9.97 Å². The fourth-order valence-electron chi connectivity index (χ4n) is 17.1. The number of fused-ring (bicyclic) bond motifs is 18. The van der Waals surface area contributed by atoms with Crippen molar-refractivity contribution in [3.05, 3.63) is 376 Å². The Morgan fingerprint density at radius 2 is 0.430 bits per heavy atom. The van der Waals surface area contributed by atoms with Crippen molar-refractivity contribution in [1.82, 2.24) is 48.2 Å². The summed E-state index contributed by atoms with van der Waals surface area (Å²) in [5.74, 6) is 3.45. The monoisotopic (exact) mass is 1460 g/mol. The highest BCUT2D eigenvalue weighted by Crippen LogP contribution is 2.43. The van der Waals surface area contributed by atoms with Gasteiger partial charge in [0.25, 0.3) is 0 Å². The third-order valence-corrected chi connectivity index (χ3v) is 22.4. The second-order valence-electron chi connectivity index (χ2n) is 28.9. The number of furan rings is 2. The van der Waals surface area contributed by atoms with E-state index >= 15 is 0 Å². The molecule has 8 aromatic heterocycles. The number of nitrogens with zero attached hydrogens (tertiary/aromatic N) is 10. The van der Waals surface area contributed by atoms with Gasteiger partial charge in [-0.3, -0.25) is 9.13 Å². The summed E-state index contributed by atoms with van der Waals surface area (Å²) in [4.78, 5) is 31.7. The van der Waals surface area contributed by atoms with Crippen molar-refractivity contribution >= 4 is 131 Å². The molecule has 0 aliphatic heterocycles. The lowest BCUT2D eigenvalue weighted by molar-refractivity contribution is 0.668. The van der Waals surface area contributed by atoms with Gasteiger partial charge >= 0.3 is 0 Å². The predicted octanol–water partition coefficient (Wildman–Crippen LogP) is 25.9. The van der Waals surface area contributed by atoms with Gasteiger partial charge in [-0.1, -0.05) is 231 Å². The Labute approximate surface area is 651 Å². The topological polar surface area (TPSA) is 123 Å². The van der Waals surface area contributed by atoms with E-state index in [1.165, 1.54) is 27.3 Å². The van der Waals surface area contributed by atoms with E-state index < -0.39 is 0 Å². The van der Waals surface area contributed by atoms with Gasteiger partial charge in [0.2, 0.25) is 11.9 Å². The minimum atomic E-state index is 0.550. The van der Waals surface area contributed by atoms with Gasteiger partial charge in [-0.05, 0) is 168 Å². The minimum absolute atomic E-state index is 0.550. The van der Waals surface area contributed by atoms with Crippen molar-refractivity contribution in [2.45, 2.75) is 0 Å². The summed E-state index contributed by atoms with van der Waals surface area (Å²) >= 11 is 0. The van der Waals surface area contributed by atoms with Crippen molar-refractivity contribution in [2.75, 3.05) is 0 Å². The molecule has 0 unspecified atom stereocenters. The summed E-state index contributed by atoms with van der Waals surface area (Å²) in [7, 11) is 0. The number of aromatic nitrogens is 10. The maximum absolute atomic E-state index is 6.21. The van der Waals surface area contributed by atoms with Crippen molar-refractivity contribution in [3.63, 3.8) is 0 Å². The number of hydrogen-bond donors (Lipinski definition) is 0. The van der Waals surface area contributed by atoms with E-state index in [0.717, 1.165) is 160 Å². The highest BCUT2D eigenvalue weighted by atomic mass is 16.3. The van der Waals surface area contributed by atoms with Crippen LogP contribution in [0.1, 0.15) is 0 Å². The Morgan fingerprint density at radius 3 is 0.860 bits per heavy atom. The van der Waals surface area contributed by atoms with Crippen molar-refractivity contribution < 1.29 is 8.83 Å². The summed E-state index contributed by atoms with van der Waals surface area (Å²) in [6, 6.07) is 131. The molecule has 12 heteroatoms. The molecule has 16 aromatic carbocycles. The number of rotatable bonds is 10. The Balaban J connectivity index is 0.000000135. The molecule has 0 aliphatic carbocycles. The standard InChI is InChI=1S/2C51H31N5O/c1-3-13-32(14-4-1)33-24-27-45-41(29-33)38-18-8-11-21-44(38)56(45)51-53-49(34-25-28-48-42(30-34)40-19-9-12-22-47(40)57-48)52-50(54-51)35-23-26-39-37-17-7-10-20-43(37)55(46(39)31-35)36-15-5-2-6-16-36;1-3-13-32(14-4-1)33-23-26-46-40(29-33)38-18-8-11-21-44(38)56(46)51-53-49(52-50(54-51)35-25-28-48-42(31-35)39-19-9-12-22-47(39)57-48)34-24-27-45-41(30-34)37-17-7-10-20-43(37)55(45)36-15-5-2-6-16-36/h2*1-31H. The summed E-state index contributed by atoms with van der Waals surface area (Å²) < 4.78 is 21.4. The first-order valence-corrected chi connectivity index (χ1v) is 38.2. The zero-order valence-corrected chi connectivity index (χ0v) is 61.1. The normalized spacial score (nSPS) is 11.9. The van der Waals surface area contributed by atoms with E-state index in [1.807, 2.05) is 60.7 Å². The lowest BCUT2D eigenvalue weighted by Gasteiger charge is -2.12. The lowest BCUT2D eigenvalue weighted by atomic mass is 10.0. The quantitative estimate of drug-likeness (QED) is 0.133. The predicted molar refractivity (Wildman–Crippen MR) is 464 cm³/mol. The third-order valence-electron chi connectivity index (χ3n) is 22.4. The Morgan fingerprint density at radius 1 is 0.158 bits per heavy atom. The molecule has 0 atom stereocenters. The van der Waals surface area contributed by atoms with Gasteiger partial charge in [-0.2, -0.15) is 19.9 Å². The minimum Gasteiger partial charge on any atom is -0.456 e. The zero-order chi connectivity index (χ0) is 74.9. The van der Waals surface area contributed by atoms with E-state index in [1.54, 1.807) is 0 Å². The molecule has 0 radical (unpaired) electrons. The van der Waals surface area contributed by atoms with Crippen LogP contribution in [-0.2, 0) is 0 Å². The molecule has 0 bridgehead atoms. The van der Waals surface area contributed by atoms with E-state index in [2.05, 4.69) is 334 Å². The van der Waals surface area contributed by atoms with E-state index in [4.69, 9.17) is 38.7 Å². The van der Waals surface area contributed by atoms with Crippen molar-refractivity contribution in [2.24, 2.45) is 0 Å². The van der Waals surface area contributed by atoms with E-state index in [0.29, 0.717) is 35.2 Å². The van der Waals surface area contributed by atoms with Crippen LogP contribution in [0.2, 0.25) is 0 Å². The number of benzene rings is 16. The van der Waals surface area contributed by atoms with E-state index in [-0.39, 0.29) is 0 Å². The summed E-state index contributed by atoms with van der Waals surface area (Å²) in [6.45, 7) is 0. The first-order chi connectivity index (χ1) is 56.5. The van der Waals surface area contributed by atoms with Crippen LogP contribution in [0, 0.1) is 0 Å². The van der Waals surface area contributed by atoms with Gasteiger partial charge in [0.15, 0.2) is 23.3 Å². The van der Waals surface area contributed by atoms with Crippen molar-refractivity contribution in [3.8, 4) is 91.1 Å². The average molecular weight is 1460 g/mol. The zero-order valence-electron chi connectivity index (χ0n) is 61.1. The van der Waals surface area contributed by atoms with Crippen LogP contribution in [0.15, 0.2) is 385 Å². The fourth-order valence-corrected chi connectivity index (χ4v) is 17.1. The smallest absolute Gasteiger partial charge is 0.238 e. The Kier molecular flexibility index (Phi) is 14.7. The van der Waals surface area contributed by atoms with Gasteiger partial charge < -0.3 is 18.0 Å². The average Bonchev–Trinajstić information content (AvgIpc) is 1.58. The molecule has 0 saturated heterocycles. The van der Waals surface area contributed by atoms with Crippen LogP contribution in [0.25, 0.3) is 222 Å². The van der Waals surface area contributed by atoms with Gasteiger partial charge in [0.1, 0.15) is 22.3 Å². The van der Waals surface area contributed by atoms with E-state index in [9.17, 15) is 0 Å². The summed E-state index contributed by atoms with van der Waals surface area (Å²) in [5.41, 5.74) is 22.4. The Bertz CT molecular complexity index is 7990. The molecule has 532 valence electrons. The fraction of sp³-hybridized carbons (Fsp3) is 0.